The normalized spacial score (nSPS) is 12.6. The SMILES string of the molecule is COc1nc(Cl)c2[nH]c(=O)c3sccc3c2c1-c1ccc(C(C)CN)cc1. The number of nitrogens with two attached hydrogens (primary N) is 1. The molecule has 0 amide bonds. The lowest BCUT2D eigenvalue weighted by Crippen LogP contribution is -2.08. The van der Waals surface area contributed by atoms with Gasteiger partial charge in [0.1, 0.15) is 4.70 Å². The molecule has 5 nitrogen and oxygen atoms in total. The van der Waals surface area contributed by atoms with Crippen LogP contribution in [0.3, 0.4) is 0 Å². The van der Waals surface area contributed by atoms with Crippen molar-refractivity contribution in [1.29, 1.82) is 0 Å². The van der Waals surface area contributed by atoms with Crippen LogP contribution in [0, 0.1) is 0 Å². The van der Waals surface area contributed by atoms with Crippen LogP contribution < -0.4 is 16.0 Å². The lowest BCUT2D eigenvalue weighted by Gasteiger charge is -2.15. The molecule has 7 heteroatoms. The van der Waals surface area contributed by atoms with E-state index in [-0.39, 0.29) is 16.6 Å². The number of hydrogen-bond donors (Lipinski definition) is 2. The molecule has 0 aliphatic rings. The quantitative estimate of drug-likeness (QED) is 0.494. The third-order valence-corrected chi connectivity index (χ3v) is 6.00. The second-order valence-corrected chi connectivity index (χ2v) is 7.69. The molecule has 1 unspecified atom stereocenters. The molecule has 0 bridgehead atoms. The minimum Gasteiger partial charge on any atom is -0.480 e. The first-order valence-corrected chi connectivity index (χ1v) is 9.78. The average Bonchev–Trinajstić information content (AvgIpc) is 3.18. The number of pyridine rings is 2. The number of aromatic nitrogens is 2. The topological polar surface area (TPSA) is 81.0 Å². The maximum absolute atomic E-state index is 12.4. The summed E-state index contributed by atoms with van der Waals surface area (Å²) in [6.07, 6.45) is 0. The molecule has 0 saturated heterocycles. The summed E-state index contributed by atoms with van der Waals surface area (Å²) in [5.74, 6) is 0.702. The Labute approximate surface area is 164 Å². The van der Waals surface area contributed by atoms with Gasteiger partial charge in [-0.3, -0.25) is 4.79 Å². The van der Waals surface area contributed by atoms with Gasteiger partial charge in [-0.25, -0.2) is 0 Å². The molecule has 4 aromatic rings. The van der Waals surface area contributed by atoms with Crippen molar-refractivity contribution in [2.45, 2.75) is 12.8 Å². The van der Waals surface area contributed by atoms with Gasteiger partial charge in [0, 0.05) is 10.8 Å². The Hall–Kier alpha value is -2.41. The molecule has 0 aliphatic carbocycles. The van der Waals surface area contributed by atoms with Gasteiger partial charge in [0.2, 0.25) is 5.88 Å². The third kappa shape index (κ3) is 2.90. The lowest BCUT2D eigenvalue weighted by atomic mass is 9.95. The predicted octanol–water partition coefficient (Wildman–Crippen LogP) is 4.53. The molecule has 1 aromatic carbocycles. The molecule has 0 radical (unpaired) electrons. The molecular formula is C20H18ClN3O2S. The maximum Gasteiger partial charge on any atom is 0.266 e. The number of halogens is 1. The van der Waals surface area contributed by atoms with Crippen LogP contribution in [0.15, 0.2) is 40.5 Å². The number of hydrogen-bond acceptors (Lipinski definition) is 5. The van der Waals surface area contributed by atoms with Crippen molar-refractivity contribution in [3.8, 4) is 17.0 Å². The first-order valence-electron chi connectivity index (χ1n) is 8.52. The van der Waals surface area contributed by atoms with Crippen LogP contribution >= 0.6 is 22.9 Å². The van der Waals surface area contributed by atoms with Crippen LogP contribution in [-0.4, -0.2) is 23.6 Å². The van der Waals surface area contributed by atoms with Gasteiger partial charge >= 0.3 is 0 Å². The Morgan fingerprint density at radius 1 is 1.30 bits per heavy atom. The Morgan fingerprint density at radius 2 is 2.04 bits per heavy atom. The van der Waals surface area contributed by atoms with E-state index in [9.17, 15) is 4.79 Å². The molecule has 0 aliphatic heterocycles. The molecule has 27 heavy (non-hydrogen) atoms. The highest BCUT2D eigenvalue weighted by Crippen LogP contribution is 2.41. The van der Waals surface area contributed by atoms with Gasteiger partial charge in [-0.2, -0.15) is 4.98 Å². The van der Waals surface area contributed by atoms with E-state index >= 15 is 0 Å². The van der Waals surface area contributed by atoms with E-state index < -0.39 is 0 Å². The fourth-order valence-electron chi connectivity index (χ4n) is 3.30. The van der Waals surface area contributed by atoms with Crippen molar-refractivity contribution in [2.75, 3.05) is 13.7 Å². The number of nitrogens with one attached hydrogen (secondary N) is 1. The highest BCUT2D eigenvalue weighted by molar-refractivity contribution is 7.17. The smallest absolute Gasteiger partial charge is 0.266 e. The molecule has 0 fully saturated rings. The minimum absolute atomic E-state index is 0.167. The van der Waals surface area contributed by atoms with Crippen LogP contribution in [0.4, 0.5) is 0 Å². The Kier molecular flexibility index (Phi) is 4.63. The van der Waals surface area contributed by atoms with Crippen molar-refractivity contribution in [1.82, 2.24) is 9.97 Å². The van der Waals surface area contributed by atoms with E-state index in [1.807, 2.05) is 23.6 Å². The zero-order chi connectivity index (χ0) is 19.1. The predicted molar refractivity (Wildman–Crippen MR) is 112 cm³/mol. The average molecular weight is 400 g/mol. The Balaban J connectivity index is 2.08. The summed E-state index contributed by atoms with van der Waals surface area (Å²) in [7, 11) is 1.56. The zero-order valence-electron chi connectivity index (χ0n) is 14.9. The van der Waals surface area contributed by atoms with Crippen molar-refractivity contribution >= 4 is 43.9 Å². The summed E-state index contributed by atoms with van der Waals surface area (Å²) in [6, 6.07) is 10.1. The van der Waals surface area contributed by atoms with E-state index in [0.29, 0.717) is 22.6 Å². The van der Waals surface area contributed by atoms with Crippen LogP contribution in [-0.2, 0) is 0 Å². The molecule has 3 heterocycles. The zero-order valence-corrected chi connectivity index (χ0v) is 16.4. The van der Waals surface area contributed by atoms with Crippen LogP contribution in [0.2, 0.25) is 5.15 Å². The number of nitrogens with zero attached hydrogens (tertiary/aromatic N) is 1. The number of fused-ring (bicyclic) bond motifs is 3. The Bertz CT molecular complexity index is 1200. The number of thiophene rings is 1. The molecule has 3 N–H and O–H groups in total. The van der Waals surface area contributed by atoms with Gasteiger partial charge in [-0.15, -0.1) is 11.3 Å². The number of H-pyrrole nitrogens is 1. The van der Waals surface area contributed by atoms with Crippen LogP contribution in [0.25, 0.3) is 32.1 Å². The summed E-state index contributed by atoms with van der Waals surface area (Å²) in [5.41, 5.74) is 9.04. The number of ether oxygens (including phenoxy) is 1. The molecule has 0 saturated carbocycles. The first kappa shape index (κ1) is 18.0. The molecule has 3 aromatic heterocycles. The van der Waals surface area contributed by atoms with Gasteiger partial charge in [-0.1, -0.05) is 42.8 Å². The maximum atomic E-state index is 12.4. The van der Waals surface area contributed by atoms with Gasteiger partial charge < -0.3 is 15.5 Å². The van der Waals surface area contributed by atoms with Crippen LogP contribution in [0.1, 0.15) is 18.4 Å². The standard InChI is InChI=1S/C20H18ClN3O2S/c1-10(9-22)11-3-5-12(6-4-11)14-15-13-7-8-27-17(13)19(25)23-16(15)18(21)24-20(14)26-2/h3-8,10H,9,22H2,1-2H3,(H,23,25). The molecular weight excluding hydrogens is 382 g/mol. The first-order chi connectivity index (χ1) is 13.0. The third-order valence-electron chi connectivity index (χ3n) is 4.81. The van der Waals surface area contributed by atoms with E-state index in [1.54, 1.807) is 7.11 Å². The lowest BCUT2D eigenvalue weighted by molar-refractivity contribution is 0.400. The fourth-order valence-corrected chi connectivity index (χ4v) is 4.32. The highest BCUT2D eigenvalue weighted by Gasteiger charge is 2.20. The van der Waals surface area contributed by atoms with Gasteiger partial charge in [-0.05, 0) is 35.0 Å². The number of aromatic amines is 1. The van der Waals surface area contributed by atoms with Crippen LogP contribution in [0.5, 0.6) is 5.88 Å². The summed E-state index contributed by atoms with van der Waals surface area (Å²) >= 11 is 7.75. The molecule has 138 valence electrons. The second-order valence-electron chi connectivity index (χ2n) is 6.41. The summed E-state index contributed by atoms with van der Waals surface area (Å²) in [6.45, 7) is 2.68. The van der Waals surface area contributed by atoms with E-state index in [2.05, 4.69) is 29.0 Å². The molecule has 1 atom stereocenters. The molecule has 4 rings (SSSR count). The number of methoxy groups -OCH3 is 1. The fraction of sp³-hybridized carbons (Fsp3) is 0.200. The summed E-state index contributed by atoms with van der Waals surface area (Å²) in [4.78, 5) is 19.6. The monoisotopic (exact) mass is 399 g/mol. The van der Waals surface area contributed by atoms with E-state index in [0.717, 1.165) is 21.9 Å². The van der Waals surface area contributed by atoms with E-state index in [4.69, 9.17) is 22.1 Å². The Morgan fingerprint density at radius 3 is 2.70 bits per heavy atom. The minimum atomic E-state index is -0.167. The van der Waals surface area contributed by atoms with Crippen molar-refractivity contribution < 1.29 is 4.74 Å². The summed E-state index contributed by atoms with van der Waals surface area (Å²) < 4.78 is 6.19. The van der Waals surface area contributed by atoms with Gasteiger partial charge in [0.05, 0.1) is 18.2 Å². The number of rotatable bonds is 4. The summed E-state index contributed by atoms with van der Waals surface area (Å²) in [5, 5.41) is 3.79. The molecule has 0 spiro atoms. The highest BCUT2D eigenvalue weighted by atomic mass is 35.5. The van der Waals surface area contributed by atoms with Crippen molar-refractivity contribution in [2.24, 2.45) is 5.73 Å². The van der Waals surface area contributed by atoms with E-state index in [1.165, 1.54) is 16.9 Å². The van der Waals surface area contributed by atoms with Crippen molar-refractivity contribution in [3.63, 3.8) is 0 Å². The second kappa shape index (κ2) is 6.96. The van der Waals surface area contributed by atoms with Gasteiger partial charge in [0.15, 0.2) is 5.15 Å². The largest absolute Gasteiger partial charge is 0.480 e. The number of benzene rings is 1. The van der Waals surface area contributed by atoms with Gasteiger partial charge in [0.25, 0.3) is 5.56 Å². The van der Waals surface area contributed by atoms with Crippen molar-refractivity contribution in [3.05, 3.63) is 56.8 Å².